The van der Waals surface area contributed by atoms with Crippen molar-refractivity contribution >= 4 is 22.4 Å². The van der Waals surface area contributed by atoms with Gasteiger partial charge in [-0.25, -0.2) is 9.78 Å². The number of carbonyl (C=O) groups excluding carboxylic acids is 1. The number of rotatable bonds is 5. The fourth-order valence-corrected chi connectivity index (χ4v) is 2.94. The molecular formula is C13H20N2O2S. The van der Waals surface area contributed by atoms with Crippen LogP contribution < -0.4 is 4.90 Å². The molecule has 0 spiro atoms. The third kappa shape index (κ3) is 2.83. The molecule has 0 unspecified atom stereocenters. The summed E-state index contributed by atoms with van der Waals surface area (Å²) in [6, 6.07) is 0. The summed E-state index contributed by atoms with van der Waals surface area (Å²) >= 11 is 1.57. The number of thiazole rings is 1. The molecule has 100 valence electrons. The van der Waals surface area contributed by atoms with Crippen LogP contribution in [0.2, 0.25) is 0 Å². The van der Waals surface area contributed by atoms with Crippen LogP contribution in [-0.2, 0) is 4.74 Å². The quantitative estimate of drug-likeness (QED) is 0.770. The van der Waals surface area contributed by atoms with E-state index in [4.69, 9.17) is 4.74 Å². The molecule has 1 fully saturated rings. The zero-order valence-electron chi connectivity index (χ0n) is 11.2. The van der Waals surface area contributed by atoms with Crippen molar-refractivity contribution in [3.05, 3.63) is 10.6 Å². The van der Waals surface area contributed by atoms with Crippen LogP contribution in [0.3, 0.4) is 0 Å². The smallest absolute Gasteiger partial charge is 0.358 e. The maximum Gasteiger partial charge on any atom is 0.358 e. The molecule has 0 aromatic carbocycles. The van der Waals surface area contributed by atoms with Crippen molar-refractivity contribution in [1.82, 2.24) is 4.98 Å². The van der Waals surface area contributed by atoms with Crippen molar-refractivity contribution < 1.29 is 9.53 Å². The molecule has 0 amide bonds. The molecule has 0 atom stereocenters. The Kier molecular flexibility index (Phi) is 4.22. The Hall–Kier alpha value is -1.10. The van der Waals surface area contributed by atoms with Crippen LogP contribution in [-0.4, -0.2) is 31.2 Å². The van der Waals surface area contributed by atoms with Crippen LogP contribution in [0.5, 0.6) is 0 Å². The lowest BCUT2D eigenvalue weighted by molar-refractivity contribution is 0.0519. The topological polar surface area (TPSA) is 42.4 Å². The fraction of sp³-hybridized carbons (Fsp3) is 0.692. The highest BCUT2D eigenvalue weighted by atomic mass is 32.1. The van der Waals surface area contributed by atoms with E-state index in [-0.39, 0.29) is 5.97 Å². The fourth-order valence-electron chi connectivity index (χ4n) is 2.08. The van der Waals surface area contributed by atoms with E-state index in [0.29, 0.717) is 12.3 Å². The Morgan fingerprint density at radius 2 is 2.28 bits per heavy atom. The van der Waals surface area contributed by atoms with Gasteiger partial charge in [0, 0.05) is 18.5 Å². The number of esters is 1. The van der Waals surface area contributed by atoms with Crippen molar-refractivity contribution in [2.75, 3.05) is 25.1 Å². The molecular weight excluding hydrogens is 248 g/mol. The third-order valence-corrected chi connectivity index (χ3v) is 4.42. The first-order valence-corrected chi connectivity index (χ1v) is 7.29. The standard InChI is InChI=1S/C13H20N2O2S/c1-4-17-12(16)11-9(2)18-13(14-11)15(3)8-10-6-5-7-10/h10H,4-8H2,1-3H3. The van der Waals surface area contributed by atoms with E-state index in [1.54, 1.807) is 11.3 Å². The van der Waals surface area contributed by atoms with Gasteiger partial charge in [0.2, 0.25) is 0 Å². The Bertz CT molecular complexity index is 427. The molecule has 0 N–H and O–H groups in total. The summed E-state index contributed by atoms with van der Waals surface area (Å²) < 4.78 is 5.00. The highest BCUT2D eigenvalue weighted by Gasteiger charge is 2.22. The van der Waals surface area contributed by atoms with E-state index in [9.17, 15) is 4.79 Å². The number of hydrogen-bond acceptors (Lipinski definition) is 5. The number of ether oxygens (including phenoxy) is 1. The van der Waals surface area contributed by atoms with E-state index < -0.39 is 0 Å². The molecule has 1 saturated carbocycles. The van der Waals surface area contributed by atoms with E-state index in [0.717, 1.165) is 22.5 Å². The SMILES string of the molecule is CCOC(=O)c1nc(N(C)CC2CCC2)sc1C. The van der Waals surface area contributed by atoms with E-state index >= 15 is 0 Å². The van der Waals surface area contributed by atoms with E-state index in [1.807, 2.05) is 20.9 Å². The first kappa shape index (κ1) is 13.3. The zero-order chi connectivity index (χ0) is 13.1. The molecule has 1 heterocycles. The van der Waals surface area contributed by atoms with E-state index in [1.165, 1.54) is 19.3 Å². The van der Waals surface area contributed by atoms with Crippen molar-refractivity contribution in [3.63, 3.8) is 0 Å². The van der Waals surface area contributed by atoms with Crippen molar-refractivity contribution in [1.29, 1.82) is 0 Å². The largest absolute Gasteiger partial charge is 0.461 e. The number of anilines is 1. The van der Waals surface area contributed by atoms with Gasteiger partial charge in [0.05, 0.1) is 6.61 Å². The van der Waals surface area contributed by atoms with Crippen LogP contribution in [0.25, 0.3) is 0 Å². The van der Waals surface area contributed by atoms with Gasteiger partial charge >= 0.3 is 5.97 Å². The first-order valence-electron chi connectivity index (χ1n) is 6.47. The normalized spacial score (nSPS) is 15.3. The van der Waals surface area contributed by atoms with Crippen LogP contribution in [0.15, 0.2) is 0 Å². The molecule has 1 aromatic heterocycles. The van der Waals surface area contributed by atoms with Crippen LogP contribution in [0, 0.1) is 12.8 Å². The predicted octanol–water partition coefficient (Wildman–Crippen LogP) is 2.86. The van der Waals surface area contributed by atoms with Gasteiger partial charge in [-0.15, -0.1) is 11.3 Å². The Morgan fingerprint density at radius 1 is 1.56 bits per heavy atom. The second kappa shape index (κ2) is 5.69. The first-order chi connectivity index (χ1) is 8.61. The van der Waals surface area contributed by atoms with Gasteiger partial charge in [-0.2, -0.15) is 0 Å². The molecule has 0 saturated heterocycles. The van der Waals surface area contributed by atoms with Gasteiger partial charge in [0.1, 0.15) is 0 Å². The van der Waals surface area contributed by atoms with Gasteiger partial charge in [-0.05, 0) is 32.6 Å². The number of aryl methyl sites for hydroxylation is 1. The summed E-state index contributed by atoms with van der Waals surface area (Å²) in [6.07, 6.45) is 3.99. The van der Waals surface area contributed by atoms with E-state index in [2.05, 4.69) is 9.88 Å². The van der Waals surface area contributed by atoms with Gasteiger partial charge in [-0.1, -0.05) is 6.42 Å². The Morgan fingerprint density at radius 3 is 2.83 bits per heavy atom. The lowest BCUT2D eigenvalue weighted by Gasteiger charge is -2.29. The highest BCUT2D eigenvalue weighted by molar-refractivity contribution is 7.15. The summed E-state index contributed by atoms with van der Waals surface area (Å²) in [5, 5.41) is 0.919. The van der Waals surface area contributed by atoms with Crippen LogP contribution >= 0.6 is 11.3 Å². The highest BCUT2D eigenvalue weighted by Crippen LogP contribution is 2.31. The summed E-state index contributed by atoms with van der Waals surface area (Å²) in [5.41, 5.74) is 0.470. The molecule has 18 heavy (non-hydrogen) atoms. The summed E-state index contributed by atoms with van der Waals surface area (Å²) in [5.74, 6) is 0.486. The number of carbonyl (C=O) groups is 1. The molecule has 2 rings (SSSR count). The lowest BCUT2D eigenvalue weighted by Crippen LogP contribution is -2.29. The van der Waals surface area contributed by atoms with Crippen molar-refractivity contribution in [2.45, 2.75) is 33.1 Å². The minimum atomic E-state index is -0.311. The zero-order valence-corrected chi connectivity index (χ0v) is 12.0. The van der Waals surface area contributed by atoms with Gasteiger partial charge in [-0.3, -0.25) is 0 Å². The second-order valence-corrected chi connectivity index (χ2v) is 5.98. The monoisotopic (exact) mass is 268 g/mol. The molecule has 0 aliphatic heterocycles. The molecule has 4 nitrogen and oxygen atoms in total. The van der Waals surface area contributed by atoms with Crippen molar-refractivity contribution in [2.24, 2.45) is 5.92 Å². The average molecular weight is 268 g/mol. The number of hydrogen-bond donors (Lipinski definition) is 0. The molecule has 1 aliphatic rings. The Labute approximate surface area is 112 Å². The van der Waals surface area contributed by atoms with Gasteiger partial charge in [0.15, 0.2) is 10.8 Å². The maximum atomic E-state index is 11.7. The maximum absolute atomic E-state index is 11.7. The summed E-state index contributed by atoms with van der Waals surface area (Å²) in [6.45, 7) is 5.16. The number of aromatic nitrogens is 1. The Balaban J connectivity index is 2.04. The van der Waals surface area contributed by atoms with Crippen molar-refractivity contribution in [3.8, 4) is 0 Å². The van der Waals surface area contributed by atoms with Crippen LogP contribution in [0.1, 0.15) is 41.6 Å². The minimum absolute atomic E-state index is 0.311. The second-order valence-electron chi connectivity index (χ2n) is 4.80. The molecule has 5 heteroatoms. The minimum Gasteiger partial charge on any atom is -0.461 e. The molecule has 0 bridgehead atoms. The lowest BCUT2D eigenvalue weighted by atomic mass is 9.85. The van der Waals surface area contributed by atoms with Gasteiger partial charge in [0.25, 0.3) is 0 Å². The average Bonchev–Trinajstić information content (AvgIpc) is 2.66. The van der Waals surface area contributed by atoms with Crippen LogP contribution in [0.4, 0.5) is 5.13 Å². The molecule has 1 aliphatic carbocycles. The predicted molar refractivity (Wildman–Crippen MR) is 73.4 cm³/mol. The number of nitrogens with zero attached hydrogens (tertiary/aromatic N) is 2. The van der Waals surface area contributed by atoms with Gasteiger partial charge < -0.3 is 9.64 Å². The summed E-state index contributed by atoms with van der Waals surface area (Å²) in [4.78, 5) is 19.2. The molecule has 0 radical (unpaired) electrons. The third-order valence-electron chi connectivity index (χ3n) is 3.34. The molecule has 1 aromatic rings. The summed E-state index contributed by atoms with van der Waals surface area (Å²) in [7, 11) is 2.05.